The smallest absolute Gasteiger partial charge is 0.387 e. The number of rotatable bonds is 5. The largest absolute Gasteiger partial charge is 0.485 e. The zero-order valence-corrected chi connectivity index (χ0v) is 13.8. The van der Waals surface area contributed by atoms with Crippen LogP contribution in [0.1, 0.15) is 12.5 Å². The third-order valence-corrected chi connectivity index (χ3v) is 3.63. The fourth-order valence-corrected chi connectivity index (χ4v) is 2.30. The van der Waals surface area contributed by atoms with Crippen molar-refractivity contribution in [2.75, 3.05) is 6.61 Å². The maximum Gasteiger partial charge on any atom is 0.387 e. The van der Waals surface area contributed by atoms with Crippen molar-refractivity contribution >= 4 is 11.6 Å². The van der Waals surface area contributed by atoms with E-state index in [1.54, 1.807) is 37.3 Å². The standard InChI is InChI=1S/C18H16F2N2O4/c1-11(12-6-8-13(9-7-12)25-18(19)20)21-22-17(23)16-10-24-14-4-2-3-5-15(14)26-16/h2-9,16,18H,10H2,1H3,(H,22,23). The molecule has 2 aromatic rings. The number of fused-ring (bicyclic) bond motifs is 1. The molecule has 26 heavy (non-hydrogen) atoms. The van der Waals surface area contributed by atoms with Crippen molar-refractivity contribution in [1.82, 2.24) is 5.43 Å². The van der Waals surface area contributed by atoms with Crippen LogP contribution in [0.15, 0.2) is 53.6 Å². The number of carbonyl (C=O) groups is 1. The van der Waals surface area contributed by atoms with Crippen LogP contribution in [0.5, 0.6) is 17.2 Å². The Morgan fingerprint density at radius 3 is 2.58 bits per heavy atom. The topological polar surface area (TPSA) is 69.2 Å². The van der Waals surface area contributed by atoms with Gasteiger partial charge in [0.15, 0.2) is 11.5 Å². The van der Waals surface area contributed by atoms with Crippen LogP contribution < -0.4 is 19.6 Å². The number of hydrazone groups is 1. The molecule has 0 saturated carbocycles. The molecule has 3 rings (SSSR count). The van der Waals surface area contributed by atoms with Gasteiger partial charge in [0.2, 0.25) is 6.10 Å². The molecular weight excluding hydrogens is 346 g/mol. The van der Waals surface area contributed by atoms with Crippen molar-refractivity contribution in [2.24, 2.45) is 5.10 Å². The van der Waals surface area contributed by atoms with Gasteiger partial charge in [-0.3, -0.25) is 4.79 Å². The van der Waals surface area contributed by atoms with Crippen LogP contribution >= 0.6 is 0 Å². The van der Waals surface area contributed by atoms with Gasteiger partial charge in [0, 0.05) is 0 Å². The van der Waals surface area contributed by atoms with E-state index in [0.717, 1.165) is 0 Å². The second kappa shape index (κ2) is 7.81. The zero-order valence-electron chi connectivity index (χ0n) is 13.8. The van der Waals surface area contributed by atoms with E-state index in [1.807, 2.05) is 6.07 Å². The molecule has 6 nitrogen and oxygen atoms in total. The maximum atomic E-state index is 12.2. The number of nitrogens with zero attached hydrogens (tertiary/aromatic N) is 1. The predicted molar refractivity (Wildman–Crippen MR) is 89.8 cm³/mol. The van der Waals surface area contributed by atoms with Gasteiger partial charge in [-0.05, 0) is 48.9 Å². The minimum Gasteiger partial charge on any atom is -0.485 e. The molecule has 8 heteroatoms. The second-order valence-corrected chi connectivity index (χ2v) is 5.44. The van der Waals surface area contributed by atoms with Gasteiger partial charge in [-0.1, -0.05) is 12.1 Å². The SMILES string of the molecule is CC(=NNC(=O)C1COc2ccccc2O1)c1ccc(OC(F)F)cc1. The highest BCUT2D eigenvalue weighted by Crippen LogP contribution is 2.30. The number of carbonyl (C=O) groups excluding carboxylic acids is 1. The maximum absolute atomic E-state index is 12.2. The Bertz CT molecular complexity index is 809. The van der Waals surface area contributed by atoms with Crippen molar-refractivity contribution in [3.63, 3.8) is 0 Å². The summed E-state index contributed by atoms with van der Waals surface area (Å²) >= 11 is 0. The Hall–Kier alpha value is -3.16. The first-order valence-corrected chi connectivity index (χ1v) is 7.81. The molecule has 1 heterocycles. The molecule has 0 bridgehead atoms. The van der Waals surface area contributed by atoms with Gasteiger partial charge in [0.05, 0.1) is 5.71 Å². The van der Waals surface area contributed by atoms with E-state index in [4.69, 9.17) is 9.47 Å². The highest BCUT2D eigenvalue weighted by atomic mass is 19.3. The van der Waals surface area contributed by atoms with E-state index >= 15 is 0 Å². The van der Waals surface area contributed by atoms with Crippen LogP contribution in [0, 0.1) is 0 Å². The summed E-state index contributed by atoms with van der Waals surface area (Å²) in [7, 11) is 0. The Morgan fingerprint density at radius 1 is 1.19 bits per heavy atom. The number of para-hydroxylation sites is 2. The zero-order chi connectivity index (χ0) is 18.5. The van der Waals surface area contributed by atoms with Gasteiger partial charge in [-0.15, -0.1) is 0 Å². The van der Waals surface area contributed by atoms with Crippen LogP contribution in [-0.4, -0.2) is 30.9 Å². The number of halogens is 2. The van der Waals surface area contributed by atoms with E-state index in [-0.39, 0.29) is 12.4 Å². The highest BCUT2D eigenvalue weighted by molar-refractivity contribution is 5.99. The van der Waals surface area contributed by atoms with Gasteiger partial charge in [-0.2, -0.15) is 13.9 Å². The first-order valence-electron chi connectivity index (χ1n) is 7.81. The van der Waals surface area contributed by atoms with Gasteiger partial charge >= 0.3 is 6.61 Å². The summed E-state index contributed by atoms with van der Waals surface area (Å²) in [6, 6.07) is 13.0. The third kappa shape index (κ3) is 4.27. The molecule has 0 fully saturated rings. The Labute approximate surface area is 148 Å². The molecule has 0 spiro atoms. The van der Waals surface area contributed by atoms with E-state index in [2.05, 4.69) is 15.3 Å². The van der Waals surface area contributed by atoms with Crippen molar-refractivity contribution in [2.45, 2.75) is 19.6 Å². The molecule has 2 aromatic carbocycles. The molecule has 1 amide bonds. The first kappa shape index (κ1) is 17.7. The van der Waals surface area contributed by atoms with Crippen LogP contribution in [-0.2, 0) is 4.79 Å². The number of hydrogen-bond donors (Lipinski definition) is 1. The average molecular weight is 362 g/mol. The first-order chi connectivity index (χ1) is 12.5. The summed E-state index contributed by atoms with van der Waals surface area (Å²) in [5.41, 5.74) is 3.57. The number of amides is 1. The molecule has 1 N–H and O–H groups in total. The summed E-state index contributed by atoms with van der Waals surface area (Å²) in [5, 5.41) is 4.01. The third-order valence-electron chi connectivity index (χ3n) is 3.63. The Morgan fingerprint density at radius 2 is 1.88 bits per heavy atom. The summed E-state index contributed by atoms with van der Waals surface area (Å²) in [6.45, 7) is -1.12. The van der Waals surface area contributed by atoms with Crippen molar-refractivity contribution in [3.8, 4) is 17.2 Å². The van der Waals surface area contributed by atoms with Crippen LogP contribution in [0.3, 0.4) is 0 Å². The second-order valence-electron chi connectivity index (χ2n) is 5.44. The van der Waals surface area contributed by atoms with E-state index in [1.165, 1.54) is 12.1 Å². The summed E-state index contributed by atoms with van der Waals surface area (Å²) in [5.74, 6) is 0.681. The molecule has 0 radical (unpaired) electrons. The van der Waals surface area contributed by atoms with E-state index in [0.29, 0.717) is 22.8 Å². The van der Waals surface area contributed by atoms with Gasteiger partial charge in [-0.25, -0.2) is 5.43 Å². The minimum absolute atomic E-state index is 0.0482. The molecule has 1 aliphatic heterocycles. The lowest BCUT2D eigenvalue weighted by Gasteiger charge is -2.24. The average Bonchev–Trinajstić information content (AvgIpc) is 2.65. The molecule has 1 unspecified atom stereocenters. The van der Waals surface area contributed by atoms with Crippen LogP contribution in [0.25, 0.3) is 0 Å². The lowest BCUT2D eigenvalue weighted by molar-refractivity contribution is -0.130. The highest BCUT2D eigenvalue weighted by Gasteiger charge is 2.27. The number of benzene rings is 2. The van der Waals surface area contributed by atoms with Gasteiger partial charge in [0.25, 0.3) is 5.91 Å². The van der Waals surface area contributed by atoms with E-state index < -0.39 is 18.6 Å². The molecule has 0 aliphatic carbocycles. The van der Waals surface area contributed by atoms with Crippen molar-refractivity contribution in [3.05, 3.63) is 54.1 Å². The summed E-state index contributed by atoms with van der Waals surface area (Å²) in [6.07, 6.45) is -0.816. The Balaban J connectivity index is 1.59. The number of nitrogens with one attached hydrogen (secondary N) is 1. The Kier molecular flexibility index (Phi) is 5.31. The predicted octanol–water partition coefficient (Wildman–Crippen LogP) is 2.97. The van der Waals surface area contributed by atoms with Gasteiger partial charge < -0.3 is 14.2 Å². The van der Waals surface area contributed by atoms with Crippen molar-refractivity contribution < 1.29 is 27.8 Å². The molecular formula is C18H16F2N2O4. The van der Waals surface area contributed by atoms with Crippen LogP contribution in [0.2, 0.25) is 0 Å². The van der Waals surface area contributed by atoms with Crippen molar-refractivity contribution in [1.29, 1.82) is 0 Å². The molecule has 1 atom stereocenters. The molecule has 136 valence electrons. The summed E-state index contributed by atoms with van der Waals surface area (Å²) in [4.78, 5) is 12.2. The normalized spacial score (nSPS) is 16.3. The molecule has 0 saturated heterocycles. The van der Waals surface area contributed by atoms with Gasteiger partial charge in [0.1, 0.15) is 12.4 Å². The fourth-order valence-electron chi connectivity index (χ4n) is 2.30. The molecule has 0 aromatic heterocycles. The summed E-state index contributed by atoms with van der Waals surface area (Å²) < 4.78 is 39.6. The fraction of sp³-hybridized carbons (Fsp3) is 0.222. The van der Waals surface area contributed by atoms with E-state index in [9.17, 15) is 13.6 Å². The quantitative estimate of drug-likeness (QED) is 0.656. The van der Waals surface area contributed by atoms with Crippen LogP contribution in [0.4, 0.5) is 8.78 Å². The molecule has 1 aliphatic rings. The monoisotopic (exact) mass is 362 g/mol. The number of hydrogen-bond acceptors (Lipinski definition) is 5. The number of alkyl halides is 2. The minimum atomic E-state index is -2.88. The lowest BCUT2D eigenvalue weighted by atomic mass is 10.1. The lowest BCUT2D eigenvalue weighted by Crippen LogP contribution is -2.42. The number of ether oxygens (including phenoxy) is 3.